The van der Waals surface area contributed by atoms with Gasteiger partial charge in [0.1, 0.15) is 0 Å². The summed E-state index contributed by atoms with van der Waals surface area (Å²) in [6.07, 6.45) is 1.89. The van der Waals surface area contributed by atoms with Crippen molar-refractivity contribution < 1.29 is 19.4 Å². The van der Waals surface area contributed by atoms with Crippen molar-refractivity contribution in [2.24, 2.45) is 0 Å². The van der Waals surface area contributed by atoms with Gasteiger partial charge in [-0.1, -0.05) is 0 Å². The van der Waals surface area contributed by atoms with Crippen LogP contribution in [0.2, 0.25) is 0 Å². The molecule has 0 fully saturated rings. The molecule has 0 saturated carbocycles. The summed E-state index contributed by atoms with van der Waals surface area (Å²) in [6.45, 7) is 0.352. The maximum atomic E-state index is 11.9. The normalized spacial score (nSPS) is 11.9. The molecule has 2 N–H and O–H groups in total. The second kappa shape index (κ2) is 7.62. The summed E-state index contributed by atoms with van der Waals surface area (Å²) in [7, 11) is 3.06. The van der Waals surface area contributed by atoms with Crippen molar-refractivity contribution in [3.8, 4) is 5.88 Å². The first kappa shape index (κ1) is 14.4. The van der Waals surface area contributed by atoms with Gasteiger partial charge in [-0.15, -0.1) is 0 Å². The predicted molar refractivity (Wildman–Crippen MR) is 65.6 cm³/mol. The minimum absolute atomic E-state index is 0.00479. The molecule has 0 aliphatic heterocycles. The lowest BCUT2D eigenvalue weighted by molar-refractivity contribution is 0.0878. The minimum atomic E-state index is -0.249. The van der Waals surface area contributed by atoms with Gasteiger partial charge in [0.15, 0.2) is 0 Å². The number of methoxy groups -OCH3 is 2. The Bertz CT molecular complexity index is 361. The molecule has 0 spiro atoms. The maximum Gasteiger partial charge on any atom is 0.253 e. The van der Waals surface area contributed by atoms with Crippen LogP contribution in [0.3, 0.4) is 0 Å². The lowest BCUT2D eigenvalue weighted by Gasteiger charge is -2.16. The van der Waals surface area contributed by atoms with Crippen molar-refractivity contribution in [1.82, 2.24) is 10.3 Å². The molecule has 0 saturated heterocycles. The van der Waals surface area contributed by atoms with Gasteiger partial charge in [-0.25, -0.2) is 4.98 Å². The number of ether oxygens (including phenoxy) is 2. The number of aliphatic hydroxyl groups is 1. The Balaban J connectivity index is 2.61. The van der Waals surface area contributed by atoms with E-state index in [1.165, 1.54) is 13.3 Å². The number of carbonyl (C=O) groups excluding carboxylic acids is 1. The molecule has 18 heavy (non-hydrogen) atoms. The van der Waals surface area contributed by atoms with Crippen LogP contribution in [0.5, 0.6) is 5.88 Å². The summed E-state index contributed by atoms with van der Waals surface area (Å²) < 4.78 is 9.88. The fourth-order valence-corrected chi connectivity index (χ4v) is 1.46. The molecular weight excluding hydrogens is 236 g/mol. The second-order valence-electron chi connectivity index (χ2n) is 3.73. The zero-order chi connectivity index (χ0) is 13.4. The highest BCUT2D eigenvalue weighted by Gasteiger charge is 2.13. The molecular formula is C12H18N2O4. The monoisotopic (exact) mass is 254 g/mol. The van der Waals surface area contributed by atoms with E-state index in [1.54, 1.807) is 19.2 Å². The van der Waals surface area contributed by atoms with Crippen LogP contribution in [0, 0.1) is 0 Å². The van der Waals surface area contributed by atoms with Gasteiger partial charge in [-0.3, -0.25) is 4.79 Å². The van der Waals surface area contributed by atoms with Crippen LogP contribution >= 0.6 is 0 Å². The third-order valence-corrected chi connectivity index (χ3v) is 2.39. The molecule has 100 valence electrons. The molecule has 6 heteroatoms. The Labute approximate surface area is 106 Å². The summed E-state index contributed by atoms with van der Waals surface area (Å²) in [5, 5.41) is 11.6. The van der Waals surface area contributed by atoms with Crippen molar-refractivity contribution in [3.63, 3.8) is 0 Å². The Morgan fingerprint density at radius 3 is 2.78 bits per heavy atom. The van der Waals surface area contributed by atoms with Crippen LogP contribution in [0.25, 0.3) is 0 Å². The summed E-state index contributed by atoms with van der Waals surface area (Å²) in [6, 6.07) is 3.03. The van der Waals surface area contributed by atoms with E-state index in [-0.39, 0.29) is 18.6 Å². The van der Waals surface area contributed by atoms with Gasteiger partial charge < -0.3 is 19.9 Å². The van der Waals surface area contributed by atoms with Gasteiger partial charge in [0.05, 0.1) is 25.3 Å². The van der Waals surface area contributed by atoms with Gasteiger partial charge in [0.25, 0.3) is 5.91 Å². The number of nitrogens with one attached hydrogen (secondary N) is 1. The number of aromatic nitrogens is 1. The zero-order valence-corrected chi connectivity index (χ0v) is 10.5. The molecule has 1 unspecified atom stereocenters. The number of amides is 1. The Hall–Kier alpha value is -1.66. The van der Waals surface area contributed by atoms with E-state index in [2.05, 4.69) is 10.3 Å². The molecule has 0 aliphatic carbocycles. The number of pyridine rings is 1. The van der Waals surface area contributed by atoms with E-state index in [0.717, 1.165) is 0 Å². The third kappa shape index (κ3) is 4.31. The smallest absolute Gasteiger partial charge is 0.253 e. The van der Waals surface area contributed by atoms with E-state index in [0.29, 0.717) is 24.5 Å². The molecule has 0 aromatic carbocycles. The molecule has 0 aliphatic rings. The van der Waals surface area contributed by atoms with Gasteiger partial charge in [-0.2, -0.15) is 0 Å². The molecule has 6 nitrogen and oxygen atoms in total. The van der Waals surface area contributed by atoms with Gasteiger partial charge in [0, 0.05) is 26.0 Å². The fraction of sp³-hybridized carbons (Fsp3) is 0.500. The molecule has 1 aromatic rings. The Morgan fingerprint density at radius 2 is 2.28 bits per heavy atom. The predicted octanol–water partition coefficient (Wildman–Crippen LogP) is 0.217. The fourth-order valence-electron chi connectivity index (χ4n) is 1.46. The highest BCUT2D eigenvalue weighted by Crippen LogP contribution is 2.07. The van der Waals surface area contributed by atoms with Crippen molar-refractivity contribution in [2.45, 2.75) is 12.5 Å². The van der Waals surface area contributed by atoms with Gasteiger partial charge in [-0.05, 0) is 12.5 Å². The molecule has 1 heterocycles. The van der Waals surface area contributed by atoms with E-state index in [4.69, 9.17) is 14.6 Å². The Kier molecular flexibility index (Phi) is 6.10. The second-order valence-corrected chi connectivity index (χ2v) is 3.73. The van der Waals surface area contributed by atoms with Crippen LogP contribution in [-0.2, 0) is 4.74 Å². The van der Waals surface area contributed by atoms with E-state index >= 15 is 0 Å². The van der Waals surface area contributed by atoms with E-state index in [1.807, 2.05) is 0 Å². The zero-order valence-electron chi connectivity index (χ0n) is 10.5. The van der Waals surface area contributed by atoms with Crippen LogP contribution in [0.4, 0.5) is 0 Å². The summed E-state index contributed by atoms with van der Waals surface area (Å²) in [5.74, 6) is 0.205. The molecule has 1 atom stereocenters. The van der Waals surface area contributed by atoms with Crippen LogP contribution in [0.1, 0.15) is 16.8 Å². The number of rotatable bonds is 7. The number of hydrogen-bond donors (Lipinski definition) is 2. The van der Waals surface area contributed by atoms with Crippen molar-refractivity contribution in [1.29, 1.82) is 0 Å². The average Bonchev–Trinajstić information content (AvgIpc) is 2.39. The van der Waals surface area contributed by atoms with Crippen LogP contribution < -0.4 is 10.1 Å². The van der Waals surface area contributed by atoms with E-state index < -0.39 is 0 Å². The summed E-state index contributed by atoms with van der Waals surface area (Å²) in [4.78, 5) is 15.8. The Morgan fingerprint density at radius 1 is 1.50 bits per heavy atom. The largest absolute Gasteiger partial charge is 0.481 e. The quantitative estimate of drug-likeness (QED) is 0.727. The topological polar surface area (TPSA) is 80.7 Å². The molecule has 0 radical (unpaired) electrons. The third-order valence-electron chi connectivity index (χ3n) is 2.39. The SMILES string of the molecule is COCC(CCO)NC(=O)c1ccc(OC)nc1. The highest BCUT2D eigenvalue weighted by atomic mass is 16.5. The lowest BCUT2D eigenvalue weighted by atomic mass is 10.2. The molecule has 1 amide bonds. The van der Waals surface area contributed by atoms with Crippen molar-refractivity contribution in [2.75, 3.05) is 27.4 Å². The summed E-state index contributed by atoms with van der Waals surface area (Å²) in [5.41, 5.74) is 0.440. The first-order chi connectivity index (χ1) is 8.71. The first-order valence-electron chi connectivity index (χ1n) is 5.62. The highest BCUT2D eigenvalue weighted by molar-refractivity contribution is 5.94. The molecule has 1 rings (SSSR count). The average molecular weight is 254 g/mol. The van der Waals surface area contributed by atoms with Gasteiger partial charge in [0.2, 0.25) is 5.88 Å². The lowest BCUT2D eigenvalue weighted by Crippen LogP contribution is -2.38. The summed E-state index contributed by atoms with van der Waals surface area (Å²) >= 11 is 0. The standard InChI is InChI=1S/C12H18N2O4/c1-17-8-10(5-6-15)14-12(16)9-3-4-11(18-2)13-7-9/h3-4,7,10,15H,5-6,8H2,1-2H3,(H,14,16). The van der Waals surface area contributed by atoms with Crippen LogP contribution in [0.15, 0.2) is 18.3 Å². The maximum absolute atomic E-state index is 11.9. The van der Waals surface area contributed by atoms with Gasteiger partial charge >= 0.3 is 0 Å². The number of aliphatic hydroxyl groups excluding tert-OH is 1. The number of hydrogen-bond acceptors (Lipinski definition) is 5. The molecule has 1 aromatic heterocycles. The first-order valence-corrected chi connectivity index (χ1v) is 5.62. The van der Waals surface area contributed by atoms with E-state index in [9.17, 15) is 4.79 Å². The number of nitrogens with zero attached hydrogens (tertiary/aromatic N) is 1. The van der Waals surface area contributed by atoms with Crippen molar-refractivity contribution in [3.05, 3.63) is 23.9 Å². The molecule has 0 bridgehead atoms. The number of carbonyl (C=O) groups is 1. The minimum Gasteiger partial charge on any atom is -0.481 e. The van der Waals surface area contributed by atoms with Crippen LogP contribution in [-0.4, -0.2) is 49.5 Å². The van der Waals surface area contributed by atoms with Crippen molar-refractivity contribution >= 4 is 5.91 Å².